The Morgan fingerprint density at radius 1 is 0.384 bits per heavy atom. The van der Waals surface area contributed by atoms with Crippen LogP contribution in [-0.4, -0.2) is 42.8 Å². The molecule has 1 saturated heterocycles. The Hall–Kier alpha value is -3.85. The third-order valence-corrected chi connectivity index (χ3v) is 14.6. The molecule has 73 heavy (non-hydrogen) atoms. The van der Waals surface area contributed by atoms with Crippen molar-refractivity contribution in [3.05, 3.63) is 144 Å². The standard InChI is InChI=1S/C66H98O7/c1-3-5-7-9-11-13-15-17-19-20-22-24-26-40-50-60(72-61(67)51-41-27-25-23-21-18-16-14-12-10-8-6-4-2)62-63(68-52-56-42-32-28-33-43-56)64(69-53-57-44-34-29-35-45-57)65(70-54-58-46-36-30-37-47-58)66(73-62)71-55-59-48-38-31-39-49-59/h28-39,42-49,60,62-66H,3-27,40-41,50-55H2,1-2H3/t60?,62-,63-,64+,65-,66-/m1/s1. The van der Waals surface area contributed by atoms with Gasteiger partial charge in [0.05, 0.1) is 26.4 Å². The number of carbonyl (C=O) groups is 1. The van der Waals surface area contributed by atoms with E-state index in [-0.39, 0.29) is 5.97 Å². The number of esters is 1. The Morgan fingerprint density at radius 2 is 0.699 bits per heavy atom. The first-order chi connectivity index (χ1) is 36.1. The molecule has 6 atom stereocenters. The lowest BCUT2D eigenvalue weighted by atomic mass is 9.91. The first kappa shape index (κ1) is 60.0. The van der Waals surface area contributed by atoms with Crippen LogP contribution < -0.4 is 0 Å². The SMILES string of the molecule is CCCCCCCCCCCCCCCCC(OC(=O)CCCCCCCCCCCCCCC)[C@H]1O[C@@H](OCc2ccccc2)[C@H](OCc2ccccc2)[C@@H](OCc2ccccc2)[C@@H]1OCc1ccccc1. The molecule has 4 aromatic rings. The minimum atomic E-state index is -0.843. The summed E-state index contributed by atoms with van der Waals surface area (Å²) in [6.07, 6.45) is 31.2. The van der Waals surface area contributed by atoms with Crippen LogP contribution in [0.1, 0.15) is 222 Å². The summed E-state index contributed by atoms with van der Waals surface area (Å²) < 4.78 is 41.8. The van der Waals surface area contributed by atoms with Crippen molar-refractivity contribution < 1.29 is 33.2 Å². The minimum absolute atomic E-state index is 0.171. The lowest BCUT2D eigenvalue weighted by molar-refractivity contribution is -0.337. The Labute approximate surface area is 444 Å². The third kappa shape index (κ3) is 26.0. The Bertz CT molecular complexity index is 1880. The molecule has 0 saturated carbocycles. The molecular formula is C66H98O7. The average Bonchev–Trinajstić information content (AvgIpc) is 3.43. The van der Waals surface area contributed by atoms with Gasteiger partial charge in [0.25, 0.3) is 0 Å². The second-order valence-corrected chi connectivity index (χ2v) is 21.0. The maximum Gasteiger partial charge on any atom is 0.306 e. The summed E-state index contributed by atoms with van der Waals surface area (Å²) in [7, 11) is 0. The van der Waals surface area contributed by atoms with Gasteiger partial charge in [0.1, 0.15) is 30.5 Å². The van der Waals surface area contributed by atoms with E-state index in [1.165, 1.54) is 135 Å². The first-order valence-corrected chi connectivity index (χ1v) is 29.6. The molecule has 5 rings (SSSR count). The van der Waals surface area contributed by atoms with Crippen LogP contribution in [0, 0.1) is 0 Å². The van der Waals surface area contributed by atoms with Crippen LogP contribution in [0.4, 0.5) is 0 Å². The first-order valence-electron chi connectivity index (χ1n) is 29.6. The second kappa shape index (κ2) is 39.5. The molecule has 0 aliphatic carbocycles. The summed E-state index contributed by atoms with van der Waals surface area (Å²) in [5.41, 5.74) is 4.14. The molecule has 0 amide bonds. The zero-order valence-electron chi connectivity index (χ0n) is 45.7. The zero-order chi connectivity index (χ0) is 51.1. The van der Waals surface area contributed by atoms with Gasteiger partial charge in [-0.2, -0.15) is 0 Å². The largest absolute Gasteiger partial charge is 0.459 e. The molecule has 0 aromatic heterocycles. The van der Waals surface area contributed by atoms with Crippen molar-refractivity contribution >= 4 is 5.97 Å². The smallest absolute Gasteiger partial charge is 0.306 e. The molecule has 1 heterocycles. The maximum absolute atomic E-state index is 14.1. The summed E-state index contributed by atoms with van der Waals surface area (Å²) in [6, 6.07) is 40.9. The van der Waals surface area contributed by atoms with E-state index in [4.69, 9.17) is 28.4 Å². The Morgan fingerprint density at radius 3 is 1.08 bits per heavy atom. The van der Waals surface area contributed by atoms with Gasteiger partial charge in [-0.15, -0.1) is 0 Å². The third-order valence-electron chi connectivity index (χ3n) is 14.6. The fourth-order valence-corrected chi connectivity index (χ4v) is 10.2. The van der Waals surface area contributed by atoms with E-state index in [1.54, 1.807) is 0 Å². The highest BCUT2D eigenvalue weighted by molar-refractivity contribution is 5.69. The molecule has 1 unspecified atom stereocenters. The summed E-state index contributed by atoms with van der Waals surface area (Å²) in [5.74, 6) is -0.171. The second-order valence-electron chi connectivity index (χ2n) is 21.0. The van der Waals surface area contributed by atoms with E-state index in [2.05, 4.69) is 62.4 Å². The highest BCUT2D eigenvalue weighted by Gasteiger charge is 2.52. The highest BCUT2D eigenvalue weighted by atomic mass is 16.7. The van der Waals surface area contributed by atoms with Crippen molar-refractivity contribution in [2.24, 2.45) is 0 Å². The quantitative estimate of drug-likeness (QED) is 0.0323. The fraction of sp³-hybridized carbons (Fsp3) is 0.621. The van der Waals surface area contributed by atoms with Gasteiger partial charge < -0.3 is 28.4 Å². The minimum Gasteiger partial charge on any atom is -0.459 e. The molecule has 404 valence electrons. The lowest BCUT2D eigenvalue weighted by Crippen LogP contribution is -2.63. The van der Waals surface area contributed by atoms with Gasteiger partial charge in [-0.05, 0) is 41.5 Å². The monoisotopic (exact) mass is 1000 g/mol. The van der Waals surface area contributed by atoms with E-state index in [9.17, 15) is 4.79 Å². The van der Waals surface area contributed by atoms with Crippen LogP contribution >= 0.6 is 0 Å². The molecule has 0 spiro atoms. The van der Waals surface area contributed by atoms with Gasteiger partial charge in [-0.3, -0.25) is 4.79 Å². The van der Waals surface area contributed by atoms with Gasteiger partial charge in [0.2, 0.25) is 0 Å². The molecule has 1 aliphatic heterocycles. The van der Waals surface area contributed by atoms with Crippen molar-refractivity contribution in [2.75, 3.05) is 0 Å². The number of hydrogen-bond donors (Lipinski definition) is 0. The fourth-order valence-electron chi connectivity index (χ4n) is 10.2. The molecular weight excluding hydrogens is 905 g/mol. The number of ether oxygens (including phenoxy) is 6. The number of hydrogen-bond acceptors (Lipinski definition) is 7. The van der Waals surface area contributed by atoms with Gasteiger partial charge >= 0.3 is 5.97 Å². The summed E-state index contributed by atoms with van der Waals surface area (Å²) >= 11 is 0. The average molecular weight is 1000 g/mol. The van der Waals surface area contributed by atoms with Crippen LogP contribution in [0.3, 0.4) is 0 Å². The van der Waals surface area contributed by atoms with E-state index in [0.29, 0.717) is 39.3 Å². The van der Waals surface area contributed by atoms with Crippen LogP contribution in [-0.2, 0) is 59.6 Å². The highest BCUT2D eigenvalue weighted by Crippen LogP contribution is 2.35. The number of rotatable bonds is 43. The van der Waals surface area contributed by atoms with E-state index in [0.717, 1.165) is 60.8 Å². The van der Waals surface area contributed by atoms with Crippen molar-refractivity contribution in [3.8, 4) is 0 Å². The van der Waals surface area contributed by atoms with Crippen LogP contribution in [0.25, 0.3) is 0 Å². The van der Waals surface area contributed by atoms with E-state index in [1.807, 2.05) is 72.8 Å². The Balaban J connectivity index is 1.32. The molecule has 7 nitrogen and oxygen atoms in total. The normalized spacial score (nSPS) is 18.2. The molecule has 0 bridgehead atoms. The zero-order valence-corrected chi connectivity index (χ0v) is 45.7. The Kier molecular flexibility index (Phi) is 32.5. The molecule has 0 radical (unpaired) electrons. The maximum atomic E-state index is 14.1. The van der Waals surface area contributed by atoms with Crippen molar-refractivity contribution in [1.82, 2.24) is 0 Å². The van der Waals surface area contributed by atoms with Crippen LogP contribution in [0.15, 0.2) is 121 Å². The molecule has 1 aliphatic rings. The molecule has 4 aromatic carbocycles. The summed E-state index contributed by atoms with van der Waals surface area (Å²) in [5, 5.41) is 0. The summed E-state index contributed by atoms with van der Waals surface area (Å²) in [4.78, 5) is 14.1. The predicted molar refractivity (Wildman–Crippen MR) is 300 cm³/mol. The number of benzene rings is 4. The van der Waals surface area contributed by atoms with Gasteiger partial charge in [0, 0.05) is 6.42 Å². The van der Waals surface area contributed by atoms with E-state index < -0.39 is 36.8 Å². The molecule has 7 heteroatoms. The van der Waals surface area contributed by atoms with Crippen molar-refractivity contribution in [1.29, 1.82) is 0 Å². The number of unbranched alkanes of at least 4 members (excludes halogenated alkanes) is 25. The van der Waals surface area contributed by atoms with Crippen molar-refractivity contribution in [2.45, 2.75) is 263 Å². The predicted octanol–water partition coefficient (Wildman–Crippen LogP) is 17.9. The topological polar surface area (TPSA) is 72.5 Å². The lowest BCUT2D eigenvalue weighted by Gasteiger charge is -2.47. The van der Waals surface area contributed by atoms with Gasteiger partial charge in [-0.25, -0.2) is 0 Å². The van der Waals surface area contributed by atoms with Crippen LogP contribution in [0.5, 0.6) is 0 Å². The number of carbonyl (C=O) groups excluding carboxylic acids is 1. The van der Waals surface area contributed by atoms with E-state index >= 15 is 0 Å². The van der Waals surface area contributed by atoms with Crippen LogP contribution in [0.2, 0.25) is 0 Å². The van der Waals surface area contributed by atoms with Crippen molar-refractivity contribution in [3.63, 3.8) is 0 Å². The van der Waals surface area contributed by atoms with Gasteiger partial charge in [-0.1, -0.05) is 296 Å². The van der Waals surface area contributed by atoms with Gasteiger partial charge in [0.15, 0.2) is 6.29 Å². The molecule has 0 N–H and O–H groups in total. The summed E-state index contributed by atoms with van der Waals surface area (Å²) in [6.45, 7) is 5.88. The molecule has 1 fully saturated rings.